The summed E-state index contributed by atoms with van der Waals surface area (Å²) in [4.78, 5) is 16.8. The van der Waals surface area contributed by atoms with Crippen LogP contribution in [-0.4, -0.2) is 66.6 Å². The minimum atomic E-state index is -5.77. The molecule has 0 saturated carbocycles. The molecule has 1 aliphatic rings. The van der Waals surface area contributed by atoms with Crippen molar-refractivity contribution in [2.24, 2.45) is 0 Å². The predicted octanol–water partition coefficient (Wildman–Crippen LogP) is -2.05. The Kier molecular flexibility index (Phi) is 4.46. The highest BCUT2D eigenvalue weighted by Crippen LogP contribution is 2.55. The first-order valence-electron chi connectivity index (χ1n) is 4.78. The van der Waals surface area contributed by atoms with Crippen molar-refractivity contribution in [1.82, 2.24) is 0 Å². The Balaban J connectivity index is 2.82. The van der Waals surface area contributed by atoms with Crippen LogP contribution in [0.5, 0.6) is 0 Å². The fourth-order valence-electron chi connectivity index (χ4n) is 1.46. The van der Waals surface area contributed by atoms with E-state index in [0.717, 1.165) is 0 Å². The topological polar surface area (TPSA) is 148 Å². The molecule has 1 saturated heterocycles. The van der Waals surface area contributed by atoms with Crippen LogP contribution in [0.2, 0.25) is 0 Å². The maximum atomic E-state index is 13.1. The molecule has 0 radical (unpaired) electrons. The second-order valence-corrected chi connectivity index (χ2v) is 5.69. The SMILES string of the molecule is O=P(O)(O)C(F)(F)C[C@H]1OC(O)[C@H](O)[C@@H](O)[C@@H]1O. The van der Waals surface area contributed by atoms with Crippen LogP contribution in [0, 0.1) is 0 Å². The molecule has 1 fully saturated rings. The number of aliphatic hydroxyl groups excluding tert-OH is 4. The normalized spacial score (nSPS) is 38.8. The molecule has 1 unspecified atom stereocenters. The Morgan fingerprint density at radius 2 is 1.56 bits per heavy atom. The average Bonchev–Trinajstić information content (AvgIpc) is 2.21. The van der Waals surface area contributed by atoms with Gasteiger partial charge in [-0.2, -0.15) is 8.78 Å². The van der Waals surface area contributed by atoms with Crippen LogP contribution in [0.15, 0.2) is 0 Å². The third kappa shape index (κ3) is 3.03. The molecule has 1 heterocycles. The van der Waals surface area contributed by atoms with Crippen LogP contribution >= 0.6 is 7.60 Å². The Hall–Kier alpha value is -0.190. The summed E-state index contributed by atoms with van der Waals surface area (Å²) in [7, 11) is -5.77. The quantitative estimate of drug-likeness (QED) is 0.326. The van der Waals surface area contributed by atoms with Crippen LogP contribution in [0.1, 0.15) is 6.42 Å². The first-order valence-corrected chi connectivity index (χ1v) is 6.40. The minimum absolute atomic E-state index is 1.61. The Labute approximate surface area is 99.6 Å². The van der Waals surface area contributed by atoms with Crippen molar-refractivity contribution < 1.29 is 48.3 Å². The highest BCUT2D eigenvalue weighted by atomic mass is 31.2. The lowest BCUT2D eigenvalue weighted by Gasteiger charge is -2.39. The van der Waals surface area contributed by atoms with Crippen molar-refractivity contribution >= 4 is 7.60 Å². The van der Waals surface area contributed by atoms with Crippen LogP contribution in [0.25, 0.3) is 0 Å². The summed E-state index contributed by atoms with van der Waals surface area (Å²) in [5, 5.41) is 36.7. The molecule has 0 spiro atoms. The van der Waals surface area contributed by atoms with E-state index in [1.807, 2.05) is 0 Å². The number of hydrogen-bond acceptors (Lipinski definition) is 6. The fourth-order valence-corrected chi connectivity index (χ4v) is 1.88. The summed E-state index contributed by atoms with van der Waals surface area (Å²) in [6, 6.07) is 0. The van der Waals surface area contributed by atoms with E-state index in [0.29, 0.717) is 0 Å². The number of aliphatic hydroxyl groups is 4. The van der Waals surface area contributed by atoms with Gasteiger partial charge in [-0.05, 0) is 0 Å². The summed E-state index contributed by atoms with van der Waals surface area (Å²) in [6.45, 7) is 0. The van der Waals surface area contributed by atoms with Gasteiger partial charge in [0, 0.05) is 0 Å². The van der Waals surface area contributed by atoms with E-state index in [4.69, 9.17) is 20.0 Å². The number of rotatable bonds is 3. The molecule has 11 heteroatoms. The van der Waals surface area contributed by atoms with Gasteiger partial charge < -0.3 is 34.9 Å². The Bertz CT molecular complexity index is 346. The van der Waals surface area contributed by atoms with E-state index in [9.17, 15) is 23.6 Å². The molecule has 0 aliphatic carbocycles. The lowest BCUT2D eigenvalue weighted by Crippen LogP contribution is -2.58. The van der Waals surface area contributed by atoms with Crippen molar-refractivity contribution in [2.75, 3.05) is 0 Å². The fraction of sp³-hybridized carbons (Fsp3) is 1.00. The van der Waals surface area contributed by atoms with Crippen molar-refractivity contribution in [2.45, 2.75) is 42.8 Å². The second kappa shape index (κ2) is 5.06. The summed E-state index contributed by atoms with van der Waals surface area (Å²) >= 11 is 0. The lowest BCUT2D eigenvalue weighted by atomic mass is 9.97. The van der Waals surface area contributed by atoms with Gasteiger partial charge in [-0.3, -0.25) is 4.57 Å². The minimum Gasteiger partial charge on any atom is -0.388 e. The van der Waals surface area contributed by atoms with Gasteiger partial charge in [0.05, 0.1) is 12.5 Å². The Morgan fingerprint density at radius 3 is 2.00 bits per heavy atom. The van der Waals surface area contributed by atoms with Gasteiger partial charge in [0.1, 0.15) is 18.3 Å². The van der Waals surface area contributed by atoms with Crippen LogP contribution in [0.3, 0.4) is 0 Å². The highest BCUT2D eigenvalue weighted by molar-refractivity contribution is 7.53. The molecule has 0 bridgehead atoms. The van der Waals surface area contributed by atoms with Crippen LogP contribution < -0.4 is 0 Å². The zero-order valence-corrected chi connectivity index (χ0v) is 9.69. The van der Waals surface area contributed by atoms with E-state index >= 15 is 0 Å². The molecule has 0 aromatic carbocycles. The standard InChI is InChI=1S/C7H13F2O8P/c8-7(9,18(14,15)16)1-2-3(10)4(11)5(12)6(13)17-2/h2-6,10-13H,1H2,(H2,14,15,16)/t2-,3-,4+,5-,6?/m1/s1. The molecule has 1 aliphatic heterocycles. The van der Waals surface area contributed by atoms with Crippen LogP contribution in [-0.2, 0) is 9.30 Å². The number of ether oxygens (including phenoxy) is 1. The zero-order valence-electron chi connectivity index (χ0n) is 8.80. The molecule has 18 heavy (non-hydrogen) atoms. The third-order valence-electron chi connectivity index (χ3n) is 2.56. The number of hydrogen-bond donors (Lipinski definition) is 6. The van der Waals surface area contributed by atoms with Gasteiger partial charge >= 0.3 is 13.3 Å². The summed E-state index contributed by atoms with van der Waals surface area (Å²) < 4.78 is 41.0. The molecule has 8 nitrogen and oxygen atoms in total. The van der Waals surface area contributed by atoms with Crippen molar-refractivity contribution in [3.63, 3.8) is 0 Å². The molecule has 0 amide bonds. The van der Waals surface area contributed by atoms with Crippen LogP contribution in [0.4, 0.5) is 8.78 Å². The van der Waals surface area contributed by atoms with Gasteiger partial charge in [0.2, 0.25) is 0 Å². The van der Waals surface area contributed by atoms with Gasteiger partial charge in [-0.25, -0.2) is 0 Å². The molecular weight excluding hydrogens is 281 g/mol. The van der Waals surface area contributed by atoms with Crippen molar-refractivity contribution in [3.05, 3.63) is 0 Å². The van der Waals surface area contributed by atoms with Gasteiger partial charge in [0.15, 0.2) is 6.29 Å². The number of halogens is 2. The average molecular weight is 294 g/mol. The van der Waals surface area contributed by atoms with Gasteiger partial charge in [0.25, 0.3) is 0 Å². The zero-order chi connectivity index (χ0) is 14.3. The monoisotopic (exact) mass is 294 g/mol. The van der Waals surface area contributed by atoms with Crippen molar-refractivity contribution in [1.29, 1.82) is 0 Å². The summed E-state index contributed by atoms with van der Waals surface area (Å²) in [5.74, 6) is 0. The smallest absolute Gasteiger partial charge is 0.388 e. The second-order valence-electron chi connectivity index (χ2n) is 3.95. The first-order chi connectivity index (χ1) is 7.97. The first kappa shape index (κ1) is 15.9. The maximum absolute atomic E-state index is 13.1. The number of alkyl halides is 2. The summed E-state index contributed by atoms with van der Waals surface area (Å²) in [6.07, 6.45) is -11.5. The van der Waals surface area contributed by atoms with E-state index in [-0.39, 0.29) is 0 Å². The largest absolute Gasteiger partial charge is 0.394 e. The van der Waals surface area contributed by atoms with E-state index in [2.05, 4.69) is 4.74 Å². The molecule has 1 rings (SSSR count). The molecule has 0 aromatic heterocycles. The molecule has 108 valence electrons. The molecule has 6 N–H and O–H groups in total. The summed E-state index contributed by atoms with van der Waals surface area (Å²) in [5.41, 5.74) is -4.49. The predicted molar refractivity (Wildman–Crippen MR) is 50.5 cm³/mol. The lowest BCUT2D eigenvalue weighted by molar-refractivity contribution is -0.287. The maximum Gasteiger partial charge on any atom is 0.394 e. The van der Waals surface area contributed by atoms with Gasteiger partial charge in [-0.15, -0.1) is 0 Å². The molecular formula is C7H13F2O8P. The van der Waals surface area contributed by atoms with E-state index in [1.54, 1.807) is 0 Å². The molecule has 5 atom stereocenters. The molecule has 0 aromatic rings. The Morgan fingerprint density at radius 1 is 1.06 bits per heavy atom. The van der Waals surface area contributed by atoms with E-state index < -0.39 is 50.4 Å². The highest BCUT2D eigenvalue weighted by Gasteiger charge is 2.54. The van der Waals surface area contributed by atoms with Crippen molar-refractivity contribution in [3.8, 4) is 0 Å². The van der Waals surface area contributed by atoms with Gasteiger partial charge in [-0.1, -0.05) is 0 Å². The van der Waals surface area contributed by atoms with E-state index in [1.165, 1.54) is 0 Å². The third-order valence-corrected chi connectivity index (χ3v) is 3.59.